The zero-order chi connectivity index (χ0) is 15.9. The molecule has 1 atom stereocenters. The van der Waals surface area contributed by atoms with Gasteiger partial charge >= 0.3 is 11.8 Å². The molecule has 1 rings (SSSR count). The van der Waals surface area contributed by atoms with Crippen molar-refractivity contribution in [2.24, 2.45) is 11.8 Å². The summed E-state index contributed by atoms with van der Waals surface area (Å²) in [6.07, 6.45) is 0.805. The second-order valence-corrected chi connectivity index (χ2v) is 5.59. The van der Waals surface area contributed by atoms with Gasteiger partial charge in [0.1, 0.15) is 17.6 Å². The van der Waals surface area contributed by atoms with E-state index in [0.29, 0.717) is 23.4 Å². The zero-order valence-electron chi connectivity index (χ0n) is 13.5. The van der Waals surface area contributed by atoms with E-state index >= 15 is 0 Å². The lowest BCUT2D eigenvalue weighted by Crippen LogP contribution is -2.17. The highest BCUT2D eigenvalue weighted by Gasteiger charge is 2.09. The van der Waals surface area contributed by atoms with Crippen LogP contribution in [0.15, 0.2) is 13.6 Å². The Labute approximate surface area is 120 Å². The standard InChI is InChI=1S/C8H12O3.C7H14O2/c1-5(2)4-7-6(3)10-8(9)11-7;1-5(2)6(3)9-7(4)8/h5H,4H2,1-3H3;5-6H,1-4H3. The topological polar surface area (TPSA) is 69.7 Å². The van der Waals surface area contributed by atoms with E-state index < -0.39 is 5.82 Å². The third-order valence-electron chi connectivity index (χ3n) is 2.72. The fraction of sp³-hybridized carbons (Fsp3) is 0.733. The number of aryl methyl sites for hydroxylation is 1. The molecule has 0 aliphatic heterocycles. The Morgan fingerprint density at radius 1 is 1.15 bits per heavy atom. The maximum absolute atomic E-state index is 10.6. The van der Waals surface area contributed by atoms with Crippen LogP contribution in [0.3, 0.4) is 0 Å². The summed E-state index contributed by atoms with van der Waals surface area (Å²) < 4.78 is 14.4. The van der Waals surface area contributed by atoms with E-state index in [9.17, 15) is 9.59 Å². The molecule has 0 bridgehead atoms. The van der Waals surface area contributed by atoms with E-state index in [1.807, 2.05) is 20.8 Å². The van der Waals surface area contributed by atoms with Gasteiger partial charge in [0.15, 0.2) is 0 Å². The van der Waals surface area contributed by atoms with Gasteiger partial charge in [0.05, 0.1) is 0 Å². The molecule has 5 heteroatoms. The molecular formula is C15H26O5. The average molecular weight is 286 g/mol. The van der Waals surface area contributed by atoms with E-state index in [2.05, 4.69) is 13.8 Å². The molecular weight excluding hydrogens is 260 g/mol. The Morgan fingerprint density at radius 3 is 1.95 bits per heavy atom. The highest BCUT2D eigenvalue weighted by molar-refractivity contribution is 5.66. The van der Waals surface area contributed by atoms with Crippen LogP contribution in [0.25, 0.3) is 0 Å². The second-order valence-electron chi connectivity index (χ2n) is 5.59. The maximum Gasteiger partial charge on any atom is 0.519 e. The van der Waals surface area contributed by atoms with E-state index in [1.54, 1.807) is 6.92 Å². The van der Waals surface area contributed by atoms with Gasteiger partial charge in [-0.15, -0.1) is 0 Å². The van der Waals surface area contributed by atoms with Crippen LogP contribution in [0.5, 0.6) is 0 Å². The van der Waals surface area contributed by atoms with Crippen LogP contribution in [-0.4, -0.2) is 12.1 Å². The summed E-state index contributed by atoms with van der Waals surface area (Å²) in [5, 5.41) is 0. The van der Waals surface area contributed by atoms with Crippen molar-refractivity contribution < 1.29 is 18.4 Å². The van der Waals surface area contributed by atoms with Crippen molar-refractivity contribution in [3.63, 3.8) is 0 Å². The molecule has 20 heavy (non-hydrogen) atoms. The Morgan fingerprint density at radius 2 is 1.70 bits per heavy atom. The Balaban J connectivity index is 0.000000370. The number of carbonyl (C=O) groups is 1. The lowest BCUT2D eigenvalue weighted by Gasteiger charge is -2.14. The third kappa shape index (κ3) is 7.81. The molecule has 0 aromatic carbocycles. The first-order valence-electron chi connectivity index (χ1n) is 6.90. The van der Waals surface area contributed by atoms with Crippen molar-refractivity contribution >= 4 is 5.97 Å². The molecule has 0 spiro atoms. The van der Waals surface area contributed by atoms with E-state index in [-0.39, 0.29) is 12.1 Å². The van der Waals surface area contributed by atoms with Crippen molar-refractivity contribution in [3.05, 3.63) is 22.1 Å². The quantitative estimate of drug-likeness (QED) is 0.794. The van der Waals surface area contributed by atoms with Crippen molar-refractivity contribution in [3.8, 4) is 0 Å². The van der Waals surface area contributed by atoms with Gasteiger partial charge in [0, 0.05) is 13.3 Å². The van der Waals surface area contributed by atoms with Crippen LogP contribution in [0.1, 0.15) is 53.1 Å². The van der Waals surface area contributed by atoms with Gasteiger partial charge in [0.25, 0.3) is 0 Å². The molecule has 0 saturated carbocycles. The summed E-state index contributed by atoms with van der Waals surface area (Å²) in [4.78, 5) is 20.9. The highest BCUT2D eigenvalue weighted by atomic mass is 16.6. The second kappa shape index (κ2) is 8.61. The Bertz CT molecular complexity index is 453. The van der Waals surface area contributed by atoms with Gasteiger partial charge in [-0.25, -0.2) is 4.79 Å². The van der Waals surface area contributed by atoms with Gasteiger partial charge < -0.3 is 13.6 Å². The molecule has 0 N–H and O–H groups in total. The van der Waals surface area contributed by atoms with E-state index in [1.165, 1.54) is 6.92 Å². The number of hydrogen-bond acceptors (Lipinski definition) is 5. The minimum atomic E-state index is -0.599. The SMILES string of the molecule is CC(=O)OC(C)C(C)C.Cc1oc(=O)oc1CC(C)C. The summed E-state index contributed by atoms with van der Waals surface area (Å²) in [7, 11) is 0. The first-order chi connectivity index (χ1) is 9.13. The Kier molecular flexibility index (Phi) is 7.96. The molecule has 0 aliphatic carbocycles. The van der Waals surface area contributed by atoms with Crippen molar-refractivity contribution in [1.82, 2.24) is 0 Å². The molecule has 1 unspecified atom stereocenters. The van der Waals surface area contributed by atoms with Crippen LogP contribution in [-0.2, 0) is 16.0 Å². The normalized spacial score (nSPS) is 12.1. The smallest absolute Gasteiger partial charge is 0.463 e. The van der Waals surface area contributed by atoms with Gasteiger partial charge in [-0.05, 0) is 25.7 Å². The predicted octanol–water partition coefficient (Wildman–Crippen LogP) is 3.33. The predicted molar refractivity (Wildman–Crippen MR) is 76.6 cm³/mol. The van der Waals surface area contributed by atoms with Crippen LogP contribution < -0.4 is 5.82 Å². The molecule has 116 valence electrons. The molecule has 1 aromatic rings. The van der Waals surface area contributed by atoms with E-state index in [4.69, 9.17) is 13.6 Å². The summed E-state index contributed by atoms with van der Waals surface area (Å²) in [6.45, 7) is 13.2. The minimum Gasteiger partial charge on any atom is -0.463 e. The minimum absolute atomic E-state index is 0.0440. The van der Waals surface area contributed by atoms with Crippen molar-refractivity contribution in [2.75, 3.05) is 0 Å². The number of hydrogen-bond donors (Lipinski definition) is 0. The fourth-order valence-electron chi connectivity index (χ4n) is 1.33. The fourth-order valence-corrected chi connectivity index (χ4v) is 1.33. The largest absolute Gasteiger partial charge is 0.519 e. The molecule has 0 amide bonds. The number of ether oxygens (including phenoxy) is 1. The molecule has 0 radical (unpaired) electrons. The van der Waals surface area contributed by atoms with Crippen molar-refractivity contribution in [2.45, 2.75) is 61.0 Å². The first-order valence-corrected chi connectivity index (χ1v) is 6.90. The first kappa shape index (κ1) is 18.5. The summed E-state index contributed by atoms with van der Waals surface area (Å²) in [6, 6.07) is 0. The Hall–Kier alpha value is -1.52. The van der Waals surface area contributed by atoms with Crippen molar-refractivity contribution in [1.29, 1.82) is 0 Å². The molecule has 5 nitrogen and oxygen atoms in total. The number of carbonyl (C=O) groups excluding carboxylic acids is 1. The highest BCUT2D eigenvalue weighted by Crippen LogP contribution is 2.10. The van der Waals surface area contributed by atoms with Gasteiger partial charge in [0.2, 0.25) is 0 Å². The van der Waals surface area contributed by atoms with Crippen LogP contribution in [0, 0.1) is 18.8 Å². The van der Waals surface area contributed by atoms with Crippen LogP contribution >= 0.6 is 0 Å². The molecule has 0 fully saturated rings. The van der Waals surface area contributed by atoms with Gasteiger partial charge in [-0.3, -0.25) is 4.79 Å². The van der Waals surface area contributed by atoms with E-state index in [0.717, 1.165) is 6.42 Å². The third-order valence-corrected chi connectivity index (χ3v) is 2.72. The lowest BCUT2D eigenvalue weighted by atomic mass is 10.1. The summed E-state index contributed by atoms with van der Waals surface area (Å²) in [5.74, 6) is 1.37. The average Bonchev–Trinajstić information content (AvgIpc) is 2.56. The monoisotopic (exact) mass is 286 g/mol. The number of esters is 1. The molecule has 1 heterocycles. The number of rotatable bonds is 4. The van der Waals surface area contributed by atoms with Gasteiger partial charge in [-0.2, -0.15) is 0 Å². The lowest BCUT2D eigenvalue weighted by molar-refractivity contribution is -0.147. The van der Waals surface area contributed by atoms with Crippen LogP contribution in [0.4, 0.5) is 0 Å². The summed E-state index contributed by atoms with van der Waals surface area (Å²) >= 11 is 0. The van der Waals surface area contributed by atoms with Gasteiger partial charge in [-0.1, -0.05) is 27.7 Å². The molecule has 0 aliphatic rings. The maximum atomic E-state index is 10.6. The molecule has 1 aromatic heterocycles. The molecule has 0 saturated heterocycles. The van der Waals surface area contributed by atoms with Crippen LogP contribution in [0.2, 0.25) is 0 Å². The summed E-state index contributed by atoms with van der Waals surface area (Å²) in [5.41, 5.74) is 0. The zero-order valence-corrected chi connectivity index (χ0v) is 13.5.